The van der Waals surface area contributed by atoms with E-state index in [0.717, 1.165) is 42.6 Å². The lowest BCUT2D eigenvalue weighted by Crippen LogP contribution is -2.37. The summed E-state index contributed by atoms with van der Waals surface area (Å²) >= 11 is 1.68. The van der Waals surface area contributed by atoms with Crippen LogP contribution in [0.25, 0.3) is 0 Å². The summed E-state index contributed by atoms with van der Waals surface area (Å²) in [6.45, 7) is 9.13. The Labute approximate surface area is 246 Å². The highest BCUT2D eigenvalue weighted by Crippen LogP contribution is 2.51. The van der Waals surface area contributed by atoms with Gasteiger partial charge in [0, 0.05) is 45.8 Å². The summed E-state index contributed by atoms with van der Waals surface area (Å²) in [4.78, 5) is 29.4. The number of hydrogen-bond acceptors (Lipinski definition) is 8. The molecule has 1 fully saturated rings. The molecule has 5 rings (SSSR count). The third kappa shape index (κ3) is 6.03. The van der Waals surface area contributed by atoms with Crippen LogP contribution in [0.15, 0.2) is 52.2 Å². The number of carbonyl (C=O) groups is 2. The molecule has 0 radical (unpaired) electrons. The fourth-order valence-electron chi connectivity index (χ4n) is 6.33. The fourth-order valence-corrected chi connectivity index (χ4v) is 7.16. The second-order valence-electron chi connectivity index (χ2n) is 10.7. The van der Waals surface area contributed by atoms with E-state index in [1.54, 1.807) is 11.3 Å². The highest BCUT2D eigenvalue weighted by Gasteiger charge is 2.44. The van der Waals surface area contributed by atoms with E-state index in [1.807, 2.05) is 45.9 Å². The average Bonchev–Trinajstić information content (AvgIpc) is 3.68. The largest absolute Gasteiger partial charge is 0.493 e. The second-order valence-corrected chi connectivity index (χ2v) is 11.7. The summed E-state index contributed by atoms with van der Waals surface area (Å²) in [5.74, 6) is 0.862. The number of hydrogen-bond donors (Lipinski definition) is 1. The number of benzene rings is 1. The Morgan fingerprint density at radius 2 is 1.63 bits per heavy atom. The molecule has 1 saturated carbocycles. The van der Waals surface area contributed by atoms with Crippen molar-refractivity contribution < 1.29 is 28.5 Å². The number of esters is 1. The minimum absolute atomic E-state index is 0.0396. The SMILES string of the molecule is CCOc1cc(OCC)c(C2C3=C(CC(c4cccs4)CC3=O)NC(CC)=C2C(=O)OC2CCCC2)cc1OCC. The van der Waals surface area contributed by atoms with Crippen LogP contribution < -0.4 is 19.5 Å². The number of Topliss-reactive ketones (excluding diaryl/α,β-unsaturated/α-hetero) is 1. The summed E-state index contributed by atoms with van der Waals surface area (Å²) in [5, 5.41) is 5.61. The van der Waals surface area contributed by atoms with Crippen LogP contribution in [-0.2, 0) is 14.3 Å². The first-order valence-electron chi connectivity index (χ1n) is 15.1. The number of allylic oxidation sites excluding steroid dienone is 3. The Hall–Kier alpha value is -3.26. The van der Waals surface area contributed by atoms with E-state index in [2.05, 4.69) is 16.8 Å². The van der Waals surface area contributed by atoms with Gasteiger partial charge in [0.05, 0.1) is 31.3 Å². The molecule has 0 saturated heterocycles. The number of ketones is 1. The Balaban J connectivity index is 1.68. The Morgan fingerprint density at radius 3 is 2.27 bits per heavy atom. The molecule has 7 nitrogen and oxygen atoms in total. The molecule has 2 heterocycles. The molecule has 3 aliphatic rings. The van der Waals surface area contributed by atoms with Crippen molar-refractivity contribution in [3.8, 4) is 17.2 Å². The smallest absolute Gasteiger partial charge is 0.337 e. The van der Waals surface area contributed by atoms with Crippen molar-refractivity contribution in [3.05, 3.63) is 62.6 Å². The van der Waals surface area contributed by atoms with E-state index in [9.17, 15) is 9.59 Å². The minimum Gasteiger partial charge on any atom is -0.493 e. The summed E-state index contributed by atoms with van der Waals surface area (Å²) < 4.78 is 24.2. The van der Waals surface area contributed by atoms with Gasteiger partial charge in [-0.2, -0.15) is 0 Å². The molecule has 0 spiro atoms. The molecule has 1 aliphatic heterocycles. The number of rotatable bonds is 11. The van der Waals surface area contributed by atoms with Gasteiger partial charge in [-0.15, -0.1) is 11.3 Å². The molecule has 2 aliphatic carbocycles. The third-order valence-corrected chi connectivity index (χ3v) is 9.13. The second kappa shape index (κ2) is 13.1. The molecule has 0 bridgehead atoms. The van der Waals surface area contributed by atoms with Crippen molar-refractivity contribution in [1.82, 2.24) is 5.32 Å². The summed E-state index contributed by atoms with van der Waals surface area (Å²) in [6, 6.07) is 7.87. The topological polar surface area (TPSA) is 83.1 Å². The first-order valence-corrected chi connectivity index (χ1v) is 15.9. The zero-order valence-electron chi connectivity index (χ0n) is 24.5. The minimum atomic E-state index is -0.636. The lowest BCUT2D eigenvalue weighted by molar-refractivity contribution is -0.144. The third-order valence-electron chi connectivity index (χ3n) is 8.09. The molecule has 1 aromatic heterocycles. The van der Waals surface area contributed by atoms with Gasteiger partial charge in [0.2, 0.25) is 0 Å². The maximum absolute atomic E-state index is 14.1. The van der Waals surface area contributed by atoms with Crippen molar-refractivity contribution in [3.63, 3.8) is 0 Å². The lowest BCUT2D eigenvalue weighted by Gasteiger charge is -2.37. The summed E-state index contributed by atoms with van der Waals surface area (Å²) in [6.07, 6.45) is 5.45. The molecule has 1 aromatic carbocycles. The van der Waals surface area contributed by atoms with E-state index in [1.165, 1.54) is 4.88 Å². The van der Waals surface area contributed by atoms with Gasteiger partial charge in [0.25, 0.3) is 0 Å². The van der Waals surface area contributed by atoms with Crippen LogP contribution in [0.5, 0.6) is 17.2 Å². The summed E-state index contributed by atoms with van der Waals surface area (Å²) in [7, 11) is 0. The lowest BCUT2D eigenvalue weighted by atomic mass is 9.72. The van der Waals surface area contributed by atoms with Gasteiger partial charge >= 0.3 is 5.97 Å². The van der Waals surface area contributed by atoms with Crippen LogP contribution in [0.4, 0.5) is 0 Å². The average molecular weight is 580 g/mol. The number of nitrogens with one attached hydrogen (secondary N) is 1. The molecule has 2 unspecified atom stereocenters. The van der Waals surface area contributed by atoms with E-state index in [0.29, 0.717) is 67.5 Å². The van der Waals surface area contributed by atoms with Gasteiger partial charge in [-0.1, -0.05) is 13.0 Å². The molecule has 0 amide bonds. The molecule has 220 valence electrons. The van der Waals surface area contributed by atoms with Gasteiger partial charge < -0.3 is 24.3 Å². The predicted octanol–water partition coefficient (Wildman–Crippen LogP) is 7.18. The van der Waals surface area contributed by atoms with Crippen molar-refractivity contribution in [2.45, 2.75) is 90.6 Å². The quantitative estimate of drug-likeness (QED) is 0.282. The highest BCUT2D eigenvalue weighted by atomic mass is 32.1. The van der Waals surface area contributed by atoms with Gasteiger partial charge in [0.1, 0.15) is 11.9 Å². The normalized spacial score (nSPS) is 21.0. The Morgan fingerprint density at radius 1 is 0.951 bits per heavy atom. The number of ether oxygens (including phenoxy) is 4. The van der Waals surface area contributed by atoms with Gasteiger partial charge in [-0.05, 0) is 76.8 Å². The summed E-state index contributed by atoms with van der Waals surface area (Å²) in [5.41, 5.74) is 3.52. The zero-order valence-corrected chi connectivity index (χ0v) is 25.4. The number of carbonyl (C=O) groups excluding carboxylic acids is 2. The molecular formula is C33H41NO6S. The molecule has 2 aromatic rings. The highest BCUT2D eigenvalue weighted by molar-refractivity contribution is 7.10. The van der Waals surface area contributed by atoms with Crippen molar-refractivity contribution in [2.24, 2.45) is 0 Å². The Bertz CT molecular complexity index is 1320. The van der Waals surface area contributed by atoms with Gasteiger partial charge in [0.15, 0.2) is 17.3 Å². The van der Waals surface area contributed by atoms with Gasteiger partial charge in [-0.25, -0.2) is 4.79 Å². The van der Waals surface area contributed by atoms with E-state index in [-0.39, 0.29) is 23.8 Å². The molecule has 41 heavy (non-hydrogen) atoms. The van der Waals surface area contributed by atoms with Crippen LogP contribution in [0, 0.1) is 0 Å². The maximum Gasteiger partial charge on any atom is 0.337 e. The van der Waals surface area contributed by atoms with Crippen molar-refractivity contribution in [2.75, 3.05) is 19.8 Å². The van der Waals surface area contributed by atoms with Crippen LogP contribution >= 0.6 is 11.3 Å². The molecule has 1 N–H and O–H groups in total. The molecule has 2 atom stereocenters. The first kappa shape index (κ1) is 29.2. The van der Waals surface area contributed by atoms with E-state index in [4.69, 9.17) is 18.9 Å². The molecule has 8 heteroatoms. The standard InChI is InChI=1S/C33H41NO6S/c1-5-23-32(33(36)40-21-12-9-10-13-21)30(22-18-27(38-7-3)28(39-8-4)19-26(22)37-6-2)31-24(34-23)16-20(17-25(31)35)29-14-11-15-41-29/h11,14-15,18-21,30,34H,5-10,12-13,16-17H2,1-4H3. The predicted molar refractivity (Wildman–Crippen MR) is 160 cm³/mol. The van der Waals surface area contributed by atoms with Crippen LogP contribution in [0.3, 0.4) is 0 Å². The monoisotopic (exact) mass is 579 g/mol. The first-order chi connectivity index (χ1) is 20.0. The number of thiophene rings is 1. The van der Waals surface area contributed by atoms with Crippen LogP contribution in [0.2, 0.25) is 0 Å². The zero-order chi connectivity index (χ0) is 28.9. The number of dihydropyridines is 1. The Kier molecular flexibility index (Phi) is 9.38. The van der Waals surface area contributed by atoms with E-state index < -0.39 is 5.92 Å². The van der Waals surface area contributed by atoms with Crippen LogP contribution in [0.1, 0.15) is 94.9 Å². The fraction of sp³-hybridized carbons (Fsp3) is 0.515. The van der Waals surface area contributed by atoms with Gasteiger partial charge in [-0.3, -0.25) is 4.79 Å². The van der Waals surface area contributed by atoms with Crippen molar-refractivity contribution in [1.29, 1.82) is 0 Å². The van der Waals surface area contributed by atoms with E-state index >= 15 is 0 Å². The van der Waals surface area contributed by atoms with Crippen molar-refractivity contribution >= 4 is 23.1 Å². The molecular weight excluding hydrogens is 538 g/mol. The maximum atomic E-state index is 14.1. The van der Waals surface area contributed by atoms with Crippen LogP contribution in [-0.4, -0.2) is 37.7 Å².